The molecule has 10 heteroatoms. The Labute approximate surface area is 168 Å². The van der Waals surface area contributed by atoms with Gasteiger partial charge in [-0.1, -0.05) is 13.8 Å². The van der Waals surface area contributed by atoms with Gasteiger partial charge in [-0.25, -0.2) is 0 Å². The highest BCUT2D eigenvalue weighted by Gasteiger charge is 2.18. The number of hydrazine groups is 1. The second kappa shape index (κ2) is 11.7. The molecule has 1 amide bonds. The number of nitrogens with zero attached hydrogens (tertiary/aromatic N) is 1. The van der Waals surface area contributed by atoms with Crippen LogP contribution in [0.3, 0.4) is 0 Å². The topological polar surface area (TPSA) is 106 Å². The number of benzene rings is 1. The monoisotopic (exact) mass is 414 g/mol. The quantitative estimate of drug-likeness (QED) is 0.245. The van der Waals surface area contributed by atoms with Crippen molar-refractivity contribution in [1.29, 1.82) is 0 Å². The van der Waals surface area contributed by atoms with Gasteiger partial charge in [0.05, 0.1) is 16.4 Å². The van der Waals surface area contributed by atoms with Gasteiger partial charge in [-0.05, 0) is 49.4 Å². The summed E-state index contributed by atoms with van der Waals surface area (Å²) in [5, 5.41) is 14.5. The molecule has 0 fully saturated rings. The molecule has 0 radical (unpaired) electrons. The lowest BCUT2D eigenvalue weighted by atomic mass is 10.2. The maximum Gasteiger partial charge on any atom is 0.283 e. The number of amides is 1. The van der Waals surface area contributed by atoms with Crippen LogP contribution in [0.4, 0.5) is 5.69 Å². The number of nitrogens with one attached hydrogen (secondary N) is 3. The summed E-state index contributed by atoms with van der Waals surface area (Å²) in [6, 6.07) is 4.41. The third-order valence-corrected chi connectivity index (χ3v) is 4.77. The molecule has 1 aromatic rings. The van der Waals surface area contributed by atoms with E-state index in [1.54, 1.807) is 19.2 Å². The van der Waals surface area contributed by atoms with Crippen molar-refractivity contribution >= 4 is 40.7 Å². The van der Waals surface area contributed by atoms with Crippen LogP contribution in [0.15, 0.2) is 23.1 Å². The smallest absolute Gasteiger partial charge is 0.283 e. The molecule has 1 aromatic carbocycles. The van der Waals surface area contributed by atoms with Gasteiger partial charge in [0.25, 0.3) is 11.6 Å². The summed E-state index contributed by atoms with van der Waals surface area (Å²) in [4.78, 5) is 23.7. The third-order valence-electron chi connectivity index (χ3n) is 3.45. The van der Waals surface area contributed by atoms with E-state index in [0.29, 0.717) is 17.4 Å². The molecule has 0 spiro atoms. The first-order valence-electron chi connectivity index (χ1n) is 8.51. The Kier molecular flexibility index (Phi) is 10.0. The summed E-state index contributed by atoms with van der Waals surface area (Å²) in [6.45, 7) is 6.53. The minimum atomic E-state index is -0.514. The summed E-state index contributed by atoms with van der Waals surface area (Å²) in [5.74, 6) is 0.794. The summed E-state index contributed by atoms with van der Waals surface area (Å²) < 4.78 is 4.98. The first-order valence-corrected chi connectivity index (χ1v) is 9.91. The number of nitro benzene ring substituents is 1. The Hall–Kier alpha value is -1.91. The van der Waals surface area contributed by atoms with E-state index in [4.69, 9.17) is 17.0 Å². The van der Waals surface area contributed by atoms with Crippen LogP contribution in [-0.2, 0) is 4.74 Å². The molecule has 1 atom stereocenters. The second-order valence-electron chi connectivity index (χ2n) is 6.38. The zero-order valence-corrected chi connectivity index (χ0v) is 17.5. The number of carbonyl (C=O) groups excluding carboxylic acids is 1. The Balaban J connectivity index is 2.70. The lowest BCUT2D eigenvalue weighted by Gasteiger charge is -2.16. The van der Waals surface area contributed by atoms with E-state index in [2.05, 4.69) is 30.0 Å². The molecule has 0 heterocycles. The van der Waals surface area contributed by atoms with Crippen molar-refractivity contribution in [1.82, 2.24) is 16.2 Å². The maximum atomic E-state index is 12.2. The molecule has 0 saturated carbocycles. The fourth-order valence-electron chi connectivity index (χ4n) is 2.07. The molecule has 0 unspecified atom stereocenters. The van der Waals surface area contributed by atoms with Crippen LogP contribution in [0, 0.1) is 16.0 Å². The highest BCUT2D eigenvalue weighted by atomic mass is 32.2. The summed E-state index contributed by atoms with van der Waals surface area (Å²) in [7, 11) is 1.58. The summed E-state index contributed by atoms with van der Waals surface area (Å²) in [5.41, 5.74) is 5.10. The van der Waals surface area contributed by atoms with E-state index in [9.17, 15) is 14.9 Å². The Bertz CT molecular complexity index is 670. The van der Waals surface area contributed by atoms with Crippen LogP contribution in [0.2, 0.25) is 0 Å². The van der Waals surface area contributed by atoms with Crippen molar-refractivity contribution in [2.45, 2.75) is 38.1 Å². The normalized spacial score (nSPS) is 11.7. The molecule has 3 N–H and O–H groups in total. The van der Waals surface area contributed by atoms with Crippen molar-refractivity contribution in [2.24, 2.45) is 5.92 Å². The predicted octanol–water partition coefficient (Wildman–Crippen LogP) is 2.88. The van der Waals surface area contributed by atoms with Crippen molar-refractivity contribution in [3.63, 3.8) is 0 Å². The number of methoxy groups -OCH3 is 1. The number of thiocarbonyl (C=S) groups is 1. The number of nitro groups is 1. The fraction of sp³-hybridized carbons (Fsp3) is 0.529. The molecule has 0 saturated heterocycles. The minimum Gasteiger partial charge on any atom is -0.383 e. The highest BCUT2D eigenvalue weighted by molar-refractivity contribution is 7.99. The van der Waals surface area contributed by atoms with E-state index in [0.717, 1.165) is 12.2 Å². The largest absolute Gasteiger partial charge is 0.383 e. The van der Waals surface area contributed by atoms with Crippen molar-refractivity contribution in [3.8, 4) is 0 Å². The van der Waals surface area contributed by atoms with Crippen molar-refractivity contribution in [2.75, 3.05) is 19.5 Å². The van der Waals surface area contributed by atoms with E-state index >= 15 is 0 Å². The van der Waals surface area contributed by atoms with Gasteiger partial charge >= 0.3 is 0 Å². The number of rotatable bonds is 9. The number of hydrogen-bond donors (Lipinski definition) is 3. The molecule has 0 aliphatic rings. The molecule has 27 heavy (non-hydrogen) atoms. The molecule has 0 aliphatic heterocycles. The molecule has 150 valence electrons. The number of thioether (sulfide) groups is 1. The van der Waals surface area contributed by atoms with E-state index in [1.807, 2.05) is 6.92 Å². The highest BCUT2D eigenvalue weighted by Crippen LogP contribution is 2.31. The fourth-order valence-corrected chi connectivity index (χ4v) is 3.57. The molecule has 0 aromatic heterocycles. The van der Waals surface area contributed by atoms with Crippen LogP contribution in [-0.4, -0.2) is 41.5 Å². The first-order chi connectivity index (χ1) is 12.7. The second-order valence-corrected chi connectivity index (χ2v) is 7.92. The standard InChI is InChI=1S/C17H26N4O4S2/c1-11(2)7-8-27-15-6-5-13(9-14(15)21(23)24)16(22)19-20-17(26)18-12(3)10-25-4/h5-6,9,11-12H,7-8,10H2,1-4H3,(H,19,22)(H2,18,20,26)/t12-/m1/s1. The van der Waals surface area contributed by atoms with Gasteiger partial charge in [0, 0.05) is 24.8 Å². The molecular weight excluding hydrogens is 388 g/mol. The molecule has 0 aliphatic carbocycles. The molecular formula is C17H26N4O4S2. The zero-order valence-electron chi connectivity index (χ0n) is 15.9. The van der Waals surface area contributed by atoms with Gasteiger partial charge in [0.1, 0.15) is 0 Å². The van der Waals surface area contributed by atoms with Crippen molar-refractivity contribution in [3.05, 3.63) is 33.9 Å². The van der Waals surface area contributed by atoms with Gasteiger partial charge < -0.3 is 10.1 Å². The minimum absolute atomic E-state index is 0.0323. The molecule has 0 bridgehead atoms. The van der Waals surface area contributed by atoms with Gasteiger partial charge in [-0.15, -0.1) is 11.8 Å². The van der Waals surface area contributed by atoms with Crippen LogP contribution in [0.25, 0.3) is 0 Å². The Morgan fingerprint density at radius 2 is 2.04 bits per heavy atom. The SMILES string of the molecule is COC[C@@H](C)NC(=S)NNC(=O)c1ccc(SCCC(C)C)c([N+](=O)[O-])c1. The number of carbonyl (C=O) groups is 1. The molecule has 8 nitrogen and oxygen atoms in total. The van der Waals surface area contributed by atoms with Crippen LogP contribution in [0.5, 0.6) is 0 Å². The van der Waals surface area contributed by atoms with Crippen LogP contribution < -0.4 is 16.2 Å². The average molecular weight is 415 g/mol. The zero-order chi connectivity index (χ0) is 20.4. The Morgan fingerprint density at radius 1 is 1.33 bits per heavy atom. The van der Waals surface area contributed by atoms with Gasteiger partial charge in [-0.2, -0.15) is 0 Å². The summed E-state index contributed by atoms with van der Waals surface area (Å²) >= 11 is 6.49. The van der Waals surface area contributed by atoms with Gasteiger partial charge in [0.15, 0.2) is 5.11 Å². The number of hydrogen-bond acceptors (Lipinski definition) is 6. The maximum absolute atomic E-state index is 12.2. The van der Waals surface area contributed by atoms with E-state index in [-0.39, 0.29) is 22.4 Å². The van der Waals surface area contributed by atoms with E-state index < -0.39 is 10.8 Å². The van der Waals surface area contributed by atoms with Crippen molar-refractivity contribution < 1.29 is 14.5 Å². The Morgan fingerprint density at radius 3 is 2.63 bits per heavy atom. The van der Waals surface area contributed by atoms with E-state index in [1.165, 1.54) is 17.8 Å². The molecule has 1 rings (SSSR count). The van der Waals surface area contributed by atoms with Gasteiger partial charge in [0.2, 0.25) is 0 Å². The lowest BCUT2D eigenvalue weighted by molar-refractivity contribution is -0.387. The predicted molar refractivity (Wildman–Crippen MR) is 111 cm³/mol. The van der Waals surface area contributed by atoms with Gasteiger partial charge in [-0.3, -0.25) is 25.8 Å². The van der Waals surface area contributed by atoms with Crippen LogP contribution >= 0.6 is 24.0 Å². The lowest BCUT2D eigenvalue weighted by Crippen LogP contribution is -2.49. The average Bonchev–Trinajstić information content (AvgIpc) is 2.59. The third kappa shape index (κ3) is 8.55. The first kappa shape index (κ1) is 23.1. The van der Waals surface area contributed by atoms with Crippen LogP contribution in [0.1, 0.15) is 37.6 Å². The number of ether oxygens (including phenoxy) is 1. The summed E-state index contributed by atoms with van der Waals surface area (Å²) in [6.07, 6.45) is 0.958.